The molecule has 0 spiro atoms. The van der Waals surface area contributed by atoms with Crippen LogP contribution in [0.1, 0.15) is 31.2 Å². The third-order valence-electron chi connectivity index (χ3n) is 4.82. The number of hydrogen-bond donors (Lipinski definition) is 2. The van der Waals surface area contributed by atoms with E-state index < -0.39 is 0 Å². The number of pyridine rings is 1. The number of anilines is 3. The third-order valence-corrected chi connectivity index (χ3v) is 4.82. The second kappa shape index (κ2) is 7.70. The molecule has 5 nitrogen and oxygen atoms in total. The number of aryl methyl sites for hydroxylation is 1. The molecule has 0 amide bonds. The van der Waals surface area contributed by atoms with Crippen LogP contribution in [0.4, 0.5) is 21.8 Å². The Balaban J connectivity index is 1.68. The Labute approximate surface area is 158 Å². The Hall–Kier alpha value is -3.02. The van der Waals surface area contributed by atoms with Crippen molar-refractivity contribution in [3.8, 4) is 11.3 Å². The van der Waals surface area contributed by atoms with Gasteiger partial charge in [0.25, 0.3) is 0 Å². The molecule has 2 aromatic heterocycles. The summed E-state index contributed by atoms with van der Waals surface area (Å²) >= 11 is 0. The van der Waals surface area contributed by atoms with E-state index in [1.807, 2.05) is 25.1 Å². The summed E-state index contributed by atoms with van der Waals surface area (Å²) in [6, 6.07) is 10.8. The van der Waals surface area contributed by atoms with Crippen molar-refractivity contribution in [2.24, 2.45) is 0 Å². The largest absolute Gasteiger partial charge is 0.351 e. The van der Waals surface area contributed by atoms with Crippen LogP contribution in [0.3, 0.4) is 0 Å². The molecule has 0 atom stereocenters. The van der Waals surface area contributed by atoms with Gasteiger partial charge in [0.15, 0.2) is 0 Å². The summed E-state index contributed by atoms with van der Waals surface area (Å²) in [4.78, 5) is 13.5. The first kappa shape index (κ1) is 17.4. The maximum Gasteiger partial charge on any atom is 0.225 e. The van der Waals surface area contributed by atoms with Crippen molar-refractivity contribution in [2.45, 2.75) is 38.6 Å². The number of nitrogens with zero attached hydrogens (tertiary/aromatic N) is 3. The standard InChI is InChI=1S/C21H22FN5/c1-14-11-16(22)8-9-18(14)25-20-12-19(15-5-4-10-23-13-15)26-21(27-20)24-17-6-2-3-7-17/h4-5,8-13,17H,2-3,6-7H2,1H3,(H2,24,25,26,27). The fourth-order valence-electron chi connectivity index (χ4n) is 3.40. The lowest BCUT2D eigenvalue weighted by atomic mass is 10.2. The number of benzene rings is 1. The zero-order valence-electron chi connectivity index (χ0n) is 15.2. The monoisotopic (exact) mass is 363 g/mol. The van der Waals surface area contributed by atoms with Crippen LogP contribution in [0.5, 0.6) is 0 Å². The summed E-state index contributed by atoms with van der Waals surface area (Å²) in [6.07, 6.45) is 8.28. The van der Waals surface area contributed by atoms with E-state index in [1.165, 1.54) is 25.0 Å². The van der Waals surface area contributed by atoms with Crippen LogP contribution in [0.2, 0.25) is 0 Å². The van der Waals surface area contributed by atoms with Crippen LogP contribution >= 0.6 is 0 Å². The number of rotatable bonds is 5. The predicted octanol–water partition coefficient (Wildman–Crippen LogP) is 5.08. The first-order valence-electron chi connectivity index (χ1n) is 9.26. The Bertz CT molecular complexity index is 923. The Morgan fingerprint density at radius 2 is 1.93 bits per heavy atom. The maximum absolute atomic E-state index is 13.4. The summed E-state index contributed by atoms with van der Waals surface area (Å²) in [5, 5.41) is 6.75. The Kier molecular flexibility index (Phi) is 4.96. The molecule has 27 heavy (non-hydrogen) atoms. The summed E-state index contributed by atoms with van der Waals surface area (Å²) in [5.41, 5.74) is 3.36. The van der Waals surface area contributed by atoms with Gasteiger partial charge in [0, 0.05) is 35.8 Å². The van der Waals surface area contributed by atoms with Crippen molar-refractivity contribution in [1.29, 1.82) is 0 Å². The van der Waals surface area contributed by atoms with Gasteiger partial charge in [-0.3, -0.25) is 4.98 Å². The average Bonchev–Trinajstić information content (AvgIpc) is 3.18. The molecule has 138 valence electrons. The molecular formula is C21H22FN5. The highest BCUT2D eigenvalue weighted by atomic mass is 19.1. The quantitative estimate of drug-likeness (QED) is 0.661. The van der Waals surface area contributed by atoms with Crippen LogP contribution in [0.25, 0.3) is 11.3 Å². The molecular weight excluding hydrogens is 341 g/mol. The van der Waals surface area contributed by atoms with Gasteiger partial charge in [-0.2, -0.15) is 4.98 Å². The van der Waals surface area contributed by atoms with Gasteiger partial charge >= 0.3 is 0 Å². The molecule has 1 aliphatic rings. The lowest BCUT2D eigenvalue weighted by Crippen LogP contribution is -2.17. The molecule has 0 saturated heterocycles. The van der Waals surface area contributed by atoms with E-state index in [2.05, 4.69) is 25.6 Å². The van der Waals surface area contributed by atoms with E-state index in [9.17, 15) is 4.39 Å². The van der Waals surface area contributed by atoms with Crippen molar-refractivity contribution in [3.63, 3.8) is 0 Å². The maximum atomic E-state index is 13.4. The molecule has 4 rings (SSSR count). The Morgan fingerprint density at radius 1 is 1.07 bits per heavy atom. The molecule has 3 aromatic rings. The summed E-state index contributed by atoms with van der Waals surface area (Å²) < 4.78 is 13.4. The van der Waals surface area contributed by atoms with Gasteiger partial charge in [-0.15, -0.1) is 0 Å². The van der Waals surface area contributed by atoms with Crippen LogP contribution in [-0.4, -0.2) is 21.0 Å². The van der Waals surface area contributed by atoms with Crippen molar-refractivity contribution in [2.75, 3.05) is 10.6 Å². The molecule has 0 unspecified atom stereocenters. The van der Waals surface area contributed by atoms with E-state index in [-0.39, 0.29) is 5.82 Å². The number of nitrogens with one attached hydrogen (secondary N) is 2. The van der Waals surface area contributed by atoms with Gasteiger partial charge in [-0.05, 0) is 55.7 Å². The fourth-order valence-corrected chi connectivity index (χ4v) is 3.40. The van der Waals surface area contributed by atoms with Crippen molar-refractivity contribution < 1.29 is 4.39 Å². The molecule has 0 aliphatic heterocycles. The molecule has 6 heteroatoms. The van der Waals surface area contributed by atoms with Gasteiger partial charge < -0.3 is 10.6 Å². The van der Waals surface area contributed by atoms with E-state index in [0.717, 1.165) is 35.3 Å². The molecule has 1 aromatic carbocycles. The van der Waals surface area contributed by atoms with Gasteiger partial charge in [0.1, 0.15) is 11.6 Å². The highest BCUT2D eigenvalue weighted by Crippen LogP contribution is 2.27. The highest BCUT2D eigenvalue weighted by molar-refractivity contribution is 5.68. The lowest BCUT2D eigenvalue weighted by molar-refractivity contribution is 0.627. The first-order chi connectivity index (χ1) is 13.2. The van der Waals surface area contributed by atoms with E-state index >= 15 is 0 Å². The highest BCUT2D eigenvalue weighted by Gasteiger charge is 2.17. The van der Waals surface area contributed by atoms with Gasteiger partial charge in [0.2, 0.25) is 5.95 Å². The minimum absolute atomic E-state index is 0.250. The number of aromatic nitrogens is 3. The lowest BCUT2D eigenvalue weighted by Gasteiger charge is -2.15. The molecule has 1 aliphatic carbocycles. The summed E-state index contributed by atoms with van der Waals surface area (Å²) in [5.74, 6) is 1.02. The van der Waals surface area contributed by atoms with Crippen molar-refractivity contribution in [1.82, 2.24) is 15.0 Å². The smallest absolute Gasteiger partial charge is 0.225 e. The molecule has 2 heterocycles. The van der Waals surface area contributed by atoms with Crippen LogP contribution < -0.4 is 10.6 Å². The van der Waals surface area contributed by atoms with Crippen LogP contribution in [0, 0.1) is 12.7 Å². The molecule has 1 fully saturated rings. The van der Waals surface area contributed by atoms with E-state index in [0.29, 0.717) is 17.8 Å². The second-order valence-corrected chi connectivity index (χ2v) is 6.91. The fraction of sp³-hybridized carbons (Fsp3) is 0.286. The molecule has 2 N–H and O–H groups in total. The van der Waals surface area contributed by atoms with Gasteiger partial charge in [0.05, 0.1) is 5.69 Å². The topological polar surface area (TPSA) is 62.7 Å². The molecule has 0 radical (unpaired) electrons. The minimum atomic E-state index is -0.250. The zero-order valence-corrected chi connectivity index (χ0v) is 15.2. The van der Waals surface area contributed by atoms with E-state index in [4.69, 9.17) is 0 Å². The van der Waals surface area contributed by atoms with Gasteiger partial charge in [-0.25, -0.2) is 9.37 Å². The summed E-state index contributed by atoms with van der Waals surface area (Å²) in [7, 11) is 0. The van der Waals surface area contributed by atoms with Gasteiger partial charge in [-0.1, -0.05) is 12.8 Å². The van der Waals surface area contributed by atoms with Crippen molar-refractivity contribution >= 4 is 17.5 Å². The zero-order chi connectivity index (χ0) is 18.6. The van der Waals surface area contributed by atoms with E-state index in [1.54, 1.807) is 18.5 Å². The third kappa shape index (κ3) is 4.22. The normalized spacial score (nSPS) is 14.3. The number of halogens is 1. The second-order valence-electron chi connectivity index (χ2n) is 6.91. The number of hydrogen-bond acceptors (Lipinski definition) is 5. The molecule has 0 bridgehead atoms. The Morgan fingerprint density at radius 3 is 2.67 bits per heavy atom. The van der Waals surface area contributed by atoms with Crippen molar-refractivity contribution in [3.05, 3.63) is 60.2 Å². The minimum Gasteiger partial charge on any atom is -0.351 e. The van der Waals surface area contributed by atoms with Crippen LogP contribution in [-0.2, 0) is 0 Å². The summed E-state index contributed by atoms with van der Waals surface area (Å²) in [6.45, 7) is 1.87. The first-order valence-corrected chi connectivity index (χ1v) is 9.26. The molecule has 1 saturated carbocycles. The SMILES string of the molecule is Cc1cc(F)ccc1Nc1cc(-c2cccnc2)nc(NC2CCCC2)n1. The van der Waals surface area contributed by atoms with Crippen LogP contribution in [0.15, 0.2) is 48.8 Å². The predicted molar refractivity (Wildman–Crippen MR) is 106 cm³/mol. The average molecular weight is 363 g/mol.